The van der Waals surface area contributed by atoms with E-state index >= 15 is 0 Å². The highest BCUT2D eigenvalue weighted by Gasteiger charge is 2.30. The lowest BCUT2D eigenvalue weighted by molar-refractivity contribution is -0.137. The van der Waals surface area contributed by atoms with E-state index in [0.29, 0.717) is 41.7 Å². The fourth-order valence-electron chi connectivity index (χ4n) is 2.73. The molecule has 0 unspecified atom stereocenters. The minimum atomic E-state index is -4.46. The van der Waals surface area contributed by atoms with Gasteiger partial charge in [0.2, 0.25) is 0 Å². The first-order valence-electron chi connectivity index (χ1n) is 8.60. The highest BCUT2D eigenvalue weighted by atomic mass is 19.4. The summed E-state index contributed by atoms with van der Waals surface area (Å²) in [6, 6.07) is 10.7. The molecule has 0 fully saturated rings. The lowest BCUT2D eigenvalue weighted by Crippen LogP contribution is -2.15. The van der Waals surface area contributed by atoms with E-state index < -0.39 is 17.7 Å². The van der Waals surface area contributed by atoms with Crippen molar-refractivity contribution in [2.24, 2.45) is 0 Å². The number of benzene rings is 2. The van der Waals surface area contributed by atoms with E-state index in [4.69, 9.17) is 18.7 Å². The minimum absolute atomic E-state index is 0.00792. The maximum Gasteiger partial charge on any atom is 0.416 e. The van der Waals surface area contributed by atoms with E-state index in [1.54, 1.807) is 24.3 Å². The number of carbonyl (C=O) groups is 1. The summed E-state index contributed by atoms with van der Waals surface area (Å²) in [5.41, 5.74) is 0.236. The lowest BCUT2D eigenvalue weighted by atomic mass is 10.1. The van der Waals surface area contributed by atoms with Gasteiger partial charge in [0.1, 0.15) is 25.5 Å². The van der Waals surface area contributed by atoms with Crippen molar-refractivity contribution < 1.29 is 36.7 Å². The number of nitrogens with zero attached hydrogens (tertiary/aromatic N) is 1. The van der Waals surface area contributed by atoms with Gasteiger partial charge in [-0.15, -0.1) is 0 Å². The Labute approximate surface area is 162 Å². The summed E-state index contributed by atoms with van der Waals surface area (Å²) in [4.78, 5) is 12.0. The highest BCUT2D eigenvalue weighted by molar-refractivity contribution is 5.89. The van der Waals surface area contributed by atoms with Crippen molar-refractivity contribution in [3.63, 3.8) is 0 Å². The lowest BCUT2D eigenvalue weighted by Gasteiger charge is -2.18. The Morgan fingerprint density at radius 3 is 2.45 bits per heavy atom. The van der Waals surface area contributed by atoms with Crippen LogP contribution in [-0.4, -0.2) is 24.3 Å². The molecule has 29 heavy (non-hydrogen) atoms. The summed E-state index contributed by atoms with van der Waals surface area (Å²) in [6.45, 7) is 0.759. The molecule has 1 aliphatic heterocycles. The second-order valence-electron chi connectivity index (χ2n) is 6.19. The number of alkyl halides is 3. The summed E-state index contributed by atoms with van der Waals surface area (Å²) in [5, 5.41) is 3.84. The summed E-state index contributed by atoms with van der Waals surface area (Å²) in [6.07, 6.45) is -4.46. The molecule has 0 radical (unpaired) electrons. The van der Waals surface area contributed by atoms with Crippen LogP contribution in [-0.2, 0) is 17.5 Å². The second-order valence-corrected chi connectivity index (χ2v) is 6.19. The van der Waals surface area contributed by atoms with Crippen molar-refractivity contribution in [3.05, 3.63) is 65.4 Å². The smallest absolute Gasteiger partial charge is 0.416 e. The molecule has 0 N–H and O–H groups in total. The molecule has 0 spiro atoms. The third kappa shape index (κ3) is 4.18. The Hall–Kier alpha value is -3.49. The number of halogens is 3. The molecule has 2 aromatic carbocycles. The van der Waals surface area contributed by atoms with Gasteiger partial charge >= 0.3 is 12.1 Å². The molecular weight excluding hydrogens is 391 g/mol. The number of ether oxygens (including phenoxy) is 3. The molecule has 1 aliphatic rings. The van der Waals surface area contributed by atoms with Crippen molar-refractivity contribution in [1.29, 1.82) is 0 Å². The average molecular weight is 405 g/mol. The Balaban J connectivity index is 1.40. The fourth-order valence-corrected chi connectivity index (χ4v) is 2.73. The van der Waals surface area contributed by atoms with Gasteiger partial charge in [0, 0.05) is 11.6 Å². The zero-order valence-corrected chi connectivity index (χ0v) is 14.9. The SMILES string of the molecule is O=C(OCc1cc(-c2ccc3c(c2)OCCO3)on1)c1ccc(C(F)(F)F)cc1. The zero-order chi connectivity index (χ0) is 20.4. The Bertz CT molecular complexity index is 1030. The normalized spacial score (nSPS) is 13.2. The van der Waals surface area contributed by atoms with Crippen LogP contribution in [0.2, 0.25) is 0 Å². The summed E-state index contributed by atoms with van der Waals surface area (Å²) in [7, 11) is 0. The number of carbonyl (C=O) groups excluding carboxylic acids is 1. The second kappa shape index (κ2) is 7.50. The Morgan fingerprint density at radius 2 is 1.72 bits per heavy atom. The van der Waals surface area contributed by atoms with E-state index in [1.165, 1.54) is 0 Å². The van der Waals surface area contributed by atoms with Crippen LogP contribution >= 0.6 is 0 Å². The minimum Gasteiger partial charge on any atom is -0.486 e. The standard InChI is InChI=1S/C20H14F3NO5/c21-20(22,23)14-4-1-12(2-5-14)19(25)28-11-15-10-17(29-24-15)13-3-6-16-18(9-13)27-8-7-26-16/h1-6,9-10H,7-8,11H2. The van der Waals surface area contributed by atoms with Crippen LogP contribution in [0.4, 0.5) is 13.2 Å². The van der Waals surface area contributed by atoms with Gasteiger partial charge in [-0.05, 0) is 42.5 Å². The number of fused-ring (bicyclic) bond motifs is 1. The molecule has 4 rings (SSSR count). The van der Waals surface area contributed by atoms with E-state index in [-0.39, 0.29) is 12.2 Å². The van der Waals surface area contributed by atoms with Crippen LogP contribution in [0, 0.1) is 0 Å². The van der Waals surface area contributed by atoms with E-state index in [2.05, 4.69) is 5.16 Å². The number of esters is 1. The molecule has 0 aliphatic carbocycles. The first kappa shape index (κ1) is 18.9. The molecule has 0 saturated heterocycles. The van der Waals surface area contributed by atoms with Gasteiger partial charge in [0.25, 0.3) is 0 Å². The molecule has 3 aromatic rings. The monoisotopic (exact) mass is 405 g/mol. The summed E-state index contributed by atoms with van der Waals surface area (Å²) >= 11 is 0. The quantitative estimate of drug-likeness (QED) is 0.596. The van der Waals surface area contributed by atoms with Gasteiger partial charge in [-0.2, -0.15) is 13.2 Å². The van der Waals surface area contributed by atoms with Gasteiger partial charge in [-0.3, -0.25) is 0 Å². The molecular formula is C20H14F3NO5. The number of hydrogen-bond acceptors (Lipinski definition) is 6. The number of rotatable bonds is 4. The van der Waals surface area contributed by atoms with Gasteiger partial charge in [0.15, 0.2) is 17.3 Å². The maximum atomic E-state index is 12.6. The van der Waals surface area contributed by atoms with Crippen LogP contribution in [0.5, 0.6) is 11.5 Å². The molecule has 150 valence electrons. The molecule has 1 aromatic heterocycles. The van der Waals surface area contributed by atoms with Crippen molar-refractivity contribution in [2.45, 2.75) is 12.8 Å². The van der Waals surface area contributed by atoms with Gasteiger partial charge < -0.3 is 18.7 Å². The first-order valence-corrected chi connectivity index (χ1v) is 8.60. The summed E-state index contributed by atoms with van der Waals surface area (Å²) < 4.78 is 59.1. The van der Waals surface area contributed by atoms with Crippen molar-refractivity contribution in [1.82, 2.24) is 5.16 Å². The van der Waals surface area contributed by atoms with Crippen molar-refractivity contribution in [2.75, 3.05) is 13.2 Å². The van der Waals surface area contributed by atoms with E-state index in [0.717, 1.165) is 24.3 Å². The van der Waals surface area contributed by atoms with Crippen LogP contribution in [0.1, 0.15) is 21.6 Å². The van der Waals surface area contributed by atoms with Crippen LogP contribution in [0.15, 0.2) is 53.1 Å². The van der Waals surface area contributed by atoms with Crippen molar-refractivity contribution >= 4 is 5.97 Å². The third-order valence-corrected chi connectivity index (χ3v) is 4.18. The van der Waals surface area contributed by atoms with Crippen LogP contribution in [0.25, 0.3) is 11.3 Å². The Kier molecular flexibility index (Phi) is 4.87. The molecule has 9 heteroatoms. The average Bonchev–Trinajstić information content (AvgIpc) is 3.20. The molecule has 0 saturated carbocycles. The molecule has 0 atom stereocenters. The van der Waals surface area contributed by atoms with Crippen LogP contribution in [0.3, 0.4) is 0 Å². The number of aromatic nitrogens is 1. The maximum absolute atomic E-state index is 12.6. The Morgan fingerprint density at radius 1 is 1.00 bits per heavy atom. The van der Waals surface area contributed by atoms with Gasteiger partial charge in [-0.1, -0.05) is 5.16 Å². The predicted octanol–water partition coefficient (Wildman–Crippen LogP) is 4.49. The third-order valence-electron chi connectivity index (χ3n) is 4.18. The largest absolute Gasteiger partial charge is 0.486 e. The van der Waals surface area contributed by atoms with Gasteiger partial charge in [-0.25, -0.2) is 4.79 Å². The molecule has 6 nitrogen and oxygen atoms in total. The first-order chi connectivity index (χ1) is 13.9. The van der Waals surface area contributed by atoms with E-state index in [9.17, 15) is 18.0 Å². The molecule has 2 heterocycles. The fraction of sp³-hybridized carbons (Fsp3) is 0.200. The highest BCUT2D eigenvalue weighted by Crippen LogP contribution is 2.34. The zero-order valence-electron chi connectivity index (χ0n) is 14.9. The number of hydrogen-bond donors (Lipinski definition) is 0. The topological polar surface area (TPSA) is 70.8 Å². The van der Waals surface area contributed by atoms with Gasteiger partial charge in [0.05, 0.1) is 11.1 Å². The van der Waals surface area contributed by atoms with Crippen molar-refractivity contribution in [3.8, 4) is 22.8 Å². The molecule has 0 bridgehead atoms. The predicted molar refractivity (Wildman–Crippen MR) is 93.5 cm³/mol. The van der Waals surface area contributed by atoms with Crippen LogP contribution < -0.4 is 9.47 Å². The molecule has 0 amide bonds. The summed E-state index contributed by atoms with van der Waals surface area (Å²) in [5.74, 6) is 0.927. The van der Waals surface area contributed by atoms with E-state index in [1.807, 2.05) is 0 Å².